The van der Waals surface area contributed by atoms with Crippen molar-refractivity contribution in [3.05, 3.63) is 29.8 Å². The predicted molar refractivity (Wildman–Crippen MR) is 75.8 cm³/mol. The highest BCUT2D eigenvalue weighted by Gasteiger charge is 2.51. The molecular formula is C16H21NO3. The topological polar surface area (TPSA) is 72.5 Å². The van der Waals surface area contributed by atoms with Crippen molar-refractivity contribution in [2.45, 2.75) is 31.6 Å². The van der Waals surface area contributed by atoms with Gasteiger partial charge in [-0.05, 0) is 49.1 Å². The minimum Gasteiger partial charge on any atom is -0.493 e. The summed E-state index contributed by atoms with van der Waals surface area (Å²) in [7, 11) is 0. The lowest BCUT2D eigenvalue weighted by atomic mass is 9.72. The highest BCUT2D eigenvalue weighted by atomic mass is 16.5. The van der Waals surface area contributed by atoms with Gasteiger partial charge in [0.15, 0.2) is 0 Å². The van der Waals surface area contributed by atoms with Gasteiger partial charge in [-0.2, -0.15) is 0 Å². The molecule has 0 aromatic heterocycles. The Labute approximate surface area is 118 Å². The summed E-state index contributed by atoms with van der Waals surface area (Å²) in [5.41, 5.74) is 6.26. The minimum atomic E-state index is -0.755. The summed E-state index contributed by atoms with van der Waals surface area (Å²) in [4.78, 5) is 11.8. The van der Waals surface area contributed by atoms with Crippen LogP contribution in [0.3, 0.4) is 0 Å². The molecule has 4 nitrogen and oxygen atoms in total. The van der Waals surface area contributed by atoms with Crippen LogP contribution < -0.4 is 10.5 Å². The fourth-order valence-electron chi connectivity index (χ4n) is 3.47. The number of rotatable bonds is 5. The number of carbonyl (C=O) groups is 1. The first kappa shape index (κ1) is 13.4. The summed E-state index contributed by atoms with van der Waals surface area (Å²) in [5, 5.41) is 9.70. The molecule has 1 aliphatic heterocycles. The Morgan fingerprint density at radius 1 is 1.35 bits per heavy atom. The third kappa shape index (κ3) is 2.18. The molecule has 1 aliphatic carbocycles. The van der Waals surface area contributed by atoms with E-state index in [0.29, 0.717) is 13.0 Å². The lowest BCUT2D eigenvalue weighted by Crippen LogP contribution is -2.42. The Kier molecular flexibility index (Phi) is 3.42. The number of hydrogen-bond acceptors (Lipinski definition) is 3. The zero-order valence-electron chi connectivity index (χ0n) is 11.5. The van der Waals surface area contributed by atoms with Gasteiger partial charge in [0.1, 0.15) is 5.75 Å². The van der Waals surface area contributed by atoms with E-state index in [1.165, 1.54) is 0 Å². The second-order valence-electron chi connectivity index (χ2n) is 6.02. The maximum atomic E-state index is 11.8. The van der Waals surface area contributed by atoms with Crippen molar-refractivity contribution in [3.63, 3.8) is 0 Å². The first-order valence-electron chi connectivity index (χ1n) is 7.32. The SMILES string of the molecule is NCC(CC1CCOc2ccccc21)(C(=O)O)C1CC1. The number of benzene rings is 1. The Hall–Kier alpha value is -1.55. The molecule has 1 heterocycles. The molecule has 3 rings (SSSR count). The summed E-state index contributed by atoms with van der Waals surface area (Å²) in [6, 6.07) is 7.96. The second-order valence-corrected chi connectivity index (χ2v) is 6.02. The molecule has 0 amide bonds. The summed E-state index contributed by atoms with van der Waals surface area (Å²) in [6.07, 6.45) is 3.49. The van der Waals surface area contributed by atoms with Crippen LogP contribution in [0.1, 0.15) is 37.2 Å². The number of para-hydroxylation sites is 1. The third-order valence-electron chi connectivity index (χ3n) is 4.84. The predicted octanol–water partition coefficient (Wildman–Crippen LogP) is 2.38. The molecule has 2 aliphatic rings. The van der Waals surface area contributed by atoms with Crippen LogP contribution in [0, 0.1) is 11.3 Å². The number of carboxylic acids is 1. The van der Waals surface area contributed by atoms with Gasteiger partial charge >= 0.3 is 5.97 Å². The van der Waals surface area contributed by atoms with Crippen molar-refractivity contribution in [2.75, 3.05) is 13.2 Å². The Bertz CT molecular complexity index is 512. The van der Waals surface area contributed by atoms with E-state index in [9.17, 15) is 9.90 Å². The smallest absolute Gasteiger partial charge is 0.311 e. The monoisotopic (exact) mass is 275 g/mol. The number of aliphatic carboxylic acids is 1. The summed E-state index contributed by atoms with van der Waals surface area (Å²) < 4.78 is 5.66. The molecule has 2 unspecified atom stereocenters. The van der Waals surface area contributed by atoms with Gasteiger partial charge in [-0.1, -0.05) is 18.2 Å². The van der Waals surface area contributed by atoms with E-state index in [4.69, 9.17) is 10.5 Å². The molecule has 0 spiro atoms. The Morgan fingerprint density at radius 3 is 2.75 bits per heavy atom. The third-order valence-corrected chi connectivity index (χ3v) is 4.84. The lowest BCUT2D eigenvalue weighted by molar-refractivity contribution is -0.150. The standard InChI is InChI=1S/C16H21NO3/c17-10-16(15(18)19,12-5-6-12)9-11-7-8-20-14-4-2-1-3-13(11)14/h1-4,11-12H,5-10,17H2,(H,18,19). The summed E-state index contributed by atoms with van der Waals surface area (Å²) >= 11 is 0. The van der Waals surface area contributed by atoms with Crippen molar-refractivity contribution in [2.24, 2.45) is 17.1 Å². The average Bonchev–Trinajstić information content (AvgIpc) is 3.29. The van der Waals surface area contributed by atoms with E-state index in [-0.39, 0.29) is 18.4 Å². The van der Waals surface area contributed by atoms with Crippen molar-refractivity contribution in [3.8, 4) is 5.75 Å². The van der Waals surface area contributed by atoms with Gasteiger partial charge in [0.2, 0.25) is 0 Å². The summed E-state index contributed by atoms with van der Waals surface area (Å²) in [6.45, 7) is 0.888. The molecule has 1 saturated carbocycles. The molecule has 0 radical (unpaired) electrons. The maximum Gasteiger partial charge on any atom is 0.311 e. The van der Waals surface area contributed by atoms with Gasteiger partial charge in [0.05, 0.1) is 12.0 Å². The van der Waals surface area contributed by atoms with Crippen molar-refractivity contribution in [1.29, 1.82) is 0 Å². The van der Waals surface area contributed by atoms with Gasteiger partial charge in [-0.25, -0.2) is 0 Å². The molecule has 0 bridgehead atoms. The highest BCUT2D eigenvalue weighted by molar-refractivity contribution is 5.76. The van der Waals surface area contributed by atoms with E-state index in [0.717, 1.165) is 30.6 Å². The number of hydrogen-bond donors (Lipinski definition) is 2. The van der Waals surface area contributed by atoms with Crippen molar-refractivity contribution < 1.29 is 14.6 Å². The maximum absolute atomic E-state index is 11.8. The van der Waals surface area contributed by atoms with Crippen LogP contribution >= 0.6 is 0 Å². The van der Waals surface area contributed by atoms with Crippen LogP contribution in [0.2, 0.25) is 0 Å². The van der Waals surface area contributed by atoms with Crippen LogP contribution in [-0.4, -0.2) is 24.2 Å². The van der Waals surface area contributed by atoms with Gasteiger partial charge in [-0.15, -0.1) is 0 Å². The van der Waals surface area contributed by atoms with E-state index >= 15 is 0 Å². The Morgan fingerprint density at radius 2 is 2.10 bits per heavy atom. The van der Waals surface area contributed by atoms with Crippen molar-refractivity contribution in [1.82, 2.24) is 0 Å². The second kappa shape index (κ2) is 5.09. The average molecular weight is 275 g/mol. The molecule has 3 N–H and O–H groups in total. The molecule has 1 aromatic rings. The number of fused-ring (bicyclic) bond motifs is 1. The minimum absolute atomic E-state index is 0.229. The van der Waals surface area contributed by atoms with Crippen LogP contribution in [0.25, 0.3) is 0 Å². The zero-order valence-corrected chi connectivity index (χ0v) is 11.5. The summed E-state index contributed by atoms with van der Waals surface area (Å²) in [5.74, 6) is 0.655. The number of ether oxygens (including phenoxy) is 1. The van der Waals surface area contributed by atoms with Crippen molar-refractivity contribution >= 4 is 5.97 Å². The molecule has 1 fully saturated rings. The molecule has 2 atom stereocenters. The van der Waals surface area contributed by atoms with Gasteiger partial charge < -0.3 is 15.6 Å². The van der Waals surface area contributed by atoms with Crippen LogP contribution in [0.15, 0.2) is 24.3 Å². The fraction of sp³-hybridized carbons (Fsp3) is 0.562. The van der Waals surface area contributed by atoms with Crippen LogP contribution in [-0.2, 0) is 4.79 Å². The highest BCUT2D eigenvalue weighted by Crippen LogP contribution is 2.52. The van der Waals surface area contributed by atoms with E-state index in [1.54, 1.807) is 0 Å². The molecular weight excluding hydrogens is 254 g/mol. The van der Waals surface area contributed by atoms with Gasteiger partial charge in [0, 0.05) is 6.54 Å². The molecule has 20 heavy (non-hydrogen) atoms. The molecule has 108 valence electrons. The van der Waals surface area contributed by atoms with Gasteiger partial charge in [0.25, 0.3) is 0 Å². The van der Waals surface area contributed by atoms with Crippen LogP contribution in [0.4, 0.5) is 0 Å². The zero-order chi connectivity index (χ0) is 14.2. The molecule has 0 saturated heterocycles. The number of nitrogens with two attached hydrogens (primary N) is 1. The quantitative estimate of drug-likeness (QED) is 0.865. The van der Waals surface area contributed by atoms with E-state index < -0.39 is 11.4 Å². The number of carboxylic acid groups (broad SMARTS) is 1. The van der Waals surface area contributed by atoms with Crippen LogP contribution in [0.5, 0.6) is 5.75 Å². The largest absolute Gasteiger partial charge is 0.493 e. The lowest BCUT2D eigenvalue weighted by Gasteiger charge is -2.35. The first-order valence-corrected chi connectivity index (χ1v) is 7.32. The molecule has 4 heteroatoms. The normalized spacial score (nSPS) is 24.4. The van der Waals surface area contributed by atoms with Gasteiger partial charge in [-0.3, -0.25) is 4.79 Å². The fourth-order valence-corrected chi connectivity index (χ4v) is 3.47. The van der Waals surface area contributed by atoms with E-state index in [1.807, 2.05) is 18.2 Å². The first-order chi connectivity index (χ1) is 9.67. The molecule has 1 aromatic carbocycles. The van der Waals surface area contributed by atoms with E-state index in [2.05, 4.69) is 6.07 Å². The Balaban J connectivity index is 1.88.